The molecule has 0 saturated heterocycles. The van der Waals surface area contributed by atoms with E-state index in [1.165, 1.54) is 0 Å². The van der Waals surface area contributed by atoms with Gasteiger partial charge in [0.2, 0.25) is 0 Å². The first-order valence-corrected chi connectivity index (χ1v) is 9.22. The number of benzene rings is 1. The van der Waals surface area contributed by atoms with E-state index in [9.17, 15) is 4.79 Å². The van der Waals surface area contributed by atoms with Crippen LogP contribution in [-0.4, -0.2) is 37.2 Å². The van der Waals surface area contributed by atoms with Crippen LogP contribution in [0.4, 0.5) is 0 Å². The fourth-order valence-corrected chi connectivity index (χ4v) is 3.34. The molecule has 1 atom stereocenters. The van der Waals surface area contributed by atoms with E-state index in [-0.39, 0.29) is 5.91 Å². The number of ether oxygens (including phenoxy) is 1. The standard InChI is InChI=1S/C21H22N6O2/c1-13-11-18-23-12-17(14(2)27(18)25-13)21(28)24-19(20-22-9-10-26(20)3)15-5-7-16(29-4)8-6-15/h5-12,19H,1-4H3,(H,24,28). The lowest BCUT2D eigenvalue weighted by Crippen LogP contribution is -2.32. The van der Waals surface area contributed by atoms with Gasteiger partial charge in [-0.05, 0) is 31.5 Å². The number of methoxy groups -OCH3 is 1. The summed E-state index contributed by atoms with van der Waals surface area (Å²) in [4.78, 5) is 22.0. The lowest BCUT2D eigenvalue weighted by atomic mass is 10.0. The summed E-state index contributed by atoms with van der Waals surface area (Å²) in [5.74, 6) is 1.23. The first-order valence-electron chi connectivity index (χ1n) is 9.22. The molecule has 0 aliphatic heterocycles. The van der Waals surface area contributed by atoms with Crippen molar-refractivity contribution in [2.75, 3.05) is 7.11 Å². The summed E-state index contributed by atoms with van der Waals surface area (Å²) in [6, 6.07) is 9.02. The average molecular weight is 390 g/mol. The number of nitrogens with one attached hydrogen (secondary N) is 1. The molecular weight excluding hydrogens is 368 g/mol. The van der Waals surface area contributed by atoms with Crippen molar-refractivity contribution in [3.8, 4) is 5.75 Å². The molecule has 0 aliphatic rings. The van der Waals surface area contributed by atoms with E-state index in [2.05, 4.69) is 20.4 Å². The number of aryl methyl sites for hydroxylation is 3. The summed E-state index contributed by atoms with van der Waals surface area (Å²) < 4.78 is 8.82. The first kappa shape index (κ1) is 18.7. The Balaban J connectivity index is 1.71. The second kappa shape index (κ2) is 7.38. The number of rotatable bonds is 5. The second-order valence-corrected chi connectivity index (χ2v) is 6.89. The molecule has 0 spiro atoms. The van der Waals surface area contributed by atoms with Crippen molar-refractivity contribution < 1.29 is 9.53 Å². The summed E-state index contributed by atoms with van der Waals surface area (Å²) in [7, 11) is 3.52. The van der Waals surface area contributed by atoms with Crippen molar-refractivity contribution in [1.82, 2.24) is 29.5 Å². The number of nitrogens with zero attached hydrogens (tertiary/aromatic N) is 5. The minimum atomic E-state index is -0.428. The molecule has 1 unspecified atom stereocenters. The van der Waals surface area contributed by atoms with Gasteiger partial charge in [0.25, 0.3) is 5.91 Å². The minimum Gasteiger partial charge on any atom is -0.497 e. The summed E-state index contributed by atoms with van der Waals surface area (Å²) in [6.45, 7) is 3.76. The van der Waals surface area contributed by atoms with Gasteiger partial charge in [-0.1, -0.05) is 12.1 Å². The summed E-state index contributed by atoms with van der Waals surface area (Å²) >= 11 is 0. The molecule has 0 fully saturated rings. The zero-order valence-electron chi connectivity index (χ0n) is 16.7. The number of imidazole rings is 1. The third-order valence-corrected chi connectivity index (χ3v) is 4.93. The number of carbonyl (C=O) groups excluding carboxylic acids is 1. The molecule has 1 aromatic carbocycles. The number of aromatic nitrogens is 5. The predicted molar refractivity (Wildman–Crippen MR) is 108 cm³/mol. The smallest absolute Gasteiger partial charge is 0.255 e. The Bertz CT molecular complexity index is 1180. The fraction of sp³-hybridized carbons (Fsp3) is 0.238. The van der Waals surface area contributed by atoms with Crippen LogP contribution in [0.2, 0.25) is 0 Å². The van der Waals surface area contributed by atoms with Crippen molar-refractivity contribution >= 4 is 11.6 Å². The van der Waals surface area contributed by atoms with Crippen molar-refractivity contribution in [3.05, 3.63) is 77.3 Å². The molecule has 29 heavy (non-hydrogen) atoms. The van der Waals surface area contributed by atoms with Crippen LogP contribution in [-0.2, 0) is 7.05 Å². The third-order valence-electron chi connectivity index (χ3n) is 4.93. The zero-order chi connectivity index (χ0) is 20.5. The van der Waals surface area contributed by atoms with E-state index in [0.29, 0.717) is 11.2 Å². The Hall–Kier alpha value is -3.68. The molecule has 4 aromatic rings. The van der Waals surface area contributed by atoms with Gasteiger partial charge in [-0.3, -0.25) is 4.79 Å². The van der Waals surface area contributed by atoms with Gasteiger partial charge in [0.05, 0.1) is 24.1 Å². The monoisotopic (exact) mass is 390 g/mol. The Morgan fingerprint density at radius 1 is 1.17 bits per heavy atom. The Kier molecular flexibility index (Phi) is 4.75. The van der Waals surface area contributed by atoms with Crippen molar-refractivity contribution in [3.63, 3.8) is 0 Å². The largest absolute Gasteiger partial charge is 0.497 e. The van der Waals surface area contributed by atoms with Gasteiger partial charge >= 0.3 is 0 Å². The molecule has 4 rings (SSSR count). The molecule has 8 nitrogen and oxygen atoms in total. The van der Waals surface area contributed by atoms with Crippen molar-refractivity contribution in [2.45, 2.75) is 19.9 Å². The van der Waals surface area contributed by atoms with Crippen LogP contribution in [0.3, 0.4) is 0 Å². The number of hydrogen-bond acceptors (Lipinski definition) is 5. The fourth-order valence-electron chi connectivity index (χ4n) is 3.34. The number of fused-ring (bicyclic) bond motifs is 1. The van der Waals surface area contributed by atoms with Crippen molar-refractivity contribution in [2.24, 2.45) is 7.05 Å². The summed E-state index contributed by atoms with van der Waals surface area (Å²) in [6.07, 6.45) is 5.15. The molecule has 0 bridgehead atoms. The van der Waals surface area contributed by atoms with Crippen LogP contribution in [0.15, 0.2) is 48.9 Å². The molecular formula is C21H22N6O2. The van der Waals surface area contributed by atoms with E-state index in [1.807, 2.05) is 62.0 Å². The molecule has 8 heteroatoms. The lowest BCUT2D eigenvalue weighted by Gasteiger charge is -2.20. The van der Waals surface area contributed by atoms with Gasteiger partial charge in [-0.15, -0.1) is 0 Å². The van der Waals surface area contributed by atoms with Gasteiger partial charge in [0, 0.05) is 31.7 Å². The Morgan fingerprint density at radius 2 is 1.93 bits per heavy atom. The topological polar surface area (TPSA) is 86.3 Å². The van der Waals surface area contributed by atoms with Gasteiger partial charge in [-0.2, -0.15) is 5.10 Å². The van der Waals surface area contributed by atoms with Gasteiger partial charge < -0.3 is 14.6 Å². The minimum absolute atomic E-state index is 0.242. The van der Waals surface area contributed by atoms with Crippen molar-refractivity contribution in [1.29, 1.82) is 0 Å². The van der Waals surface area contributed by atoms with Gasteiger partial charge in [0.15, 0.2) is 5.65 Å². The highest BCUT2D eigenvalue weighted by Crippen LogP contribution is 2.24. The molecule has 0 radical (unpaired) electrons. The number of carbonyl (C=O) groups is 1. The zero-order valence-corrected chi connectivity index (χ0v) is 16.7. The maximum absolute atomic E-state index is 13.2. The first-order chi connectivity index (χ1) is 14.0. The summed E-state index contributed by atoms with van der Waals surface area (Å²) in [5, 5.41) is 7.52. The van der Waals surface area contributed by atoms with E-state index in [4.69, 9.17) is 4.74 Å². The quantitative estimate of drug-likeness (QED) is 0.566. The number of amides is 1. The van der Waals surface area contributed by atoms with Crippen LogP contribution < -0.4 is 10.1 Å². The normalized spacial score (nSPS) is 12.1. The highest BCUT2D eigenvalue weighted by Gasteiger charge is 2.23. The summed E-state index contributed by atoms with van der Waals surface area (Å²) in [5.41, 5.74) is 3.66. The molecule has 1 N–H and O–H groups in total. The van der Waals surface area contributed by atoms with E-state index in [1.54, 1.807) is 24.0 Å². The molecule has 3 aromatic heterocycles. The maximum atomic E-state index is 13.2. The van der Waals surface area contributed by atoms with E-state index < -0.39 is 6.04 Å². The van der Waals surface area contributed by atoms with Gasteiger partial charge in [-0.25, -0.2) is 14.5 Å². The lowest BCUT2D eigenvalue weighted by molar-refractivity contribution is 0.0939. The molecule has 1 amide bonds. The Morgan fingerprint density at radius 3 is 2.59 bits per heavy atom. The maximum Gasteiger partial charge on any atom is 0.255 e. The molecule has 148 valence electrons. The van der Waals surface area contributed by atoms with Crippen LogP contribution >= 0.6 is 0 Å². The second-order valence-electron chi connectivity index (χ2n) is 6.89. The number of hydrogen-bond donors (Lipinski definition) is 1. The van der Waals surface area contributed by atoms with Gasteiger partial charge in [0.1, 0.15) is 17.6 Å². The molecule has 0 aliphatic carbocycles. The highest BCUT2D eigenvalue weighted by molar-refractivity contribution is 5.95. The Labute approximate surface area is 168 Å². The third kappa shape index (κ3) is 3.44. The predicted octanol–water partition coefficient (Wildman–Crippen LogP) is 2.61. The average Bonchev–Trinajstić information content (AvgIpc) is 3.31. The van der Waals surface area contributed by atoms with Crippen LogP contribution in [0, 0.1) is 13.8 Å². The van der Waals surface area contributed by atoms with Crippen LogP contribution in [0.5, 0.6) is 5.75 Å². The SMILES string of the molecule is COc1ccc(C(NC(=O)c2cnc3cc(C)nn3c2C)c2nccn2C)cc1. The van der Waals surface area contributed by atoms with E-state index >= 15 is 0 Å². The highest BCUT2D eigenvalue weighted by atomic mass is 16.5. The van der Waals surface area contributed by atoms with E-state index in [0.717, 1.165) is 28.5 Å². The van der Waals surface area contributed by atoms with Crippen LogP contribution in [0.25, 0.3) is 5.65 Å². The molecule has 3 heterocycles. The van der Waals surface area contributed by atoms with Crippen LogP contribution in [0.1, 0.15) is 39.2 Å². The molecule has 0 saturated carbocycles.